The standard InChI is InChI=1S/C14H23BrN2O/c1-3-17(4-2)11-14(18)10-16-9-12-6-5-7-13(15)8-12/h5-8,14,16,18H,3-4,9-11H2,1-2H3. The lowest BCUT2D eigenvalue weighted by Gasteiger charge is -2.22. The van der Waals surface area contributed by atoms with Gasteiger partial charge in [0.1, 0.15) is 0 Å². The third-order valence-electron chi connectivity index (χ3n) is 2.96. The molecule has 0 spiro atoms. The van der Waals surface area contributed by atoms with Gasteiger partial charge >= 0.3 is 0 Å². The molecule has 1 rings (SSSR count). The Bertz CT molecular complexity index is 342. The normalized spacial score (nSPS) is 12.9. The molecule has 102 valence electrons. The molecular formula is C14H23BrN2O. The number of hydrogen-bond acceptors (Lipinski definition) is 3. The van der Waals surface area contributed by atoms with Gasteiger partial charge in [-0.05, 0) is 30.8 Å². The average Bonchev–Trinajstić information content (AvgIpc) is 2.36. The zero-order chi connectivity index (χ0) is 13.4. The van der Waals surface area contributed by atoms with E-state index in [4.69, 9.17) is 0 Å². The van der Waals surface area contributed by atoms with Gasteiger partial charge in [-0.1, -0.05) is 41.9 Å². The lowest BCUT2D eigenvalue weighted by Crippen LogP contribution is -2.38. The van der Waals surface area contributed by atoms with Crippen molar-refractivity contribution in [3.63, 3.8) is 0 Å². The number of likely N-dealkylation sites (N-methyl/N-ethyl adjacent to an activating group) is 1. The van der Waals surface area contributed by atoms with E-state index in [-0.39, 0.29) is 6.10 Å². The van der Waals surface area contributed by atoms with Crippen molar-refractivity contribution in [3.05, 3.63) is 34.3 Å². The summed E-state index contributed by atoms with van der Waals surface area (Å²) in [7, 11) is 0. The minimum atomic E-state index is -0.308. The highest BCUT2D eigenvalue weighted by Gasteiger charge is 2.08. The van der Waals surface area contributed by atoms with Crippen LogP contribution in [0.4, 0.5) is 0 Å². The lowest BCUT2D eigenvalue weighted by atomic mass is 10.2. The van der Waals surface area contributed by atoms with Gasteiger partial charge in [-0.25, -0.2) is 0 Å². The molecule has 0 amide bonds. The van der Waals surface area contributed by atoms with Crippen molar-refractivity contribution in [3.8, 4) is 0 Å². The minimum absolute atomic E-state index is 0.308. The largest absolute Gasteiger partial charge is 0.390 e. The lowest BCUT2D eigenvalue weighted by molar-refractivity contribution is 0.116. The Morgan fingerprint density at radius 3 is 2.67 bits per heavy atom. The Morgan fingerprint density at radius 2 is 2.06 bits per heavy atom. The zero-order valence-electron chi connectivity index (χ0n) is 11.2. The monoisotopic (exact) mass is 314 g/mol. The topological polar surface area (TPSA) is 35.5 Å². The quantitative estimate of drug-likeness (QED) is 0.772. The maximum absolute atomic E-state index is 9.90. The van der Waals surface area contributed by atoms with Gasteiger partial charge in [-0.15, -0.1) is 0 Å². The highest BCUT2D eigenvalue weighted by molar-refractivity contribution is 9.10. The number of nitrogens with zero attached hydrogens (tertiary/aromatic N) is 1. The molecule has 4 heteroatoms. The molecule has 0 aliphatic carbocycles. The number of aliphatic hydroxyl groups is 1. The summed E-state index contributed by atoms with van der Waals surface area (Å²) in [6, 6.07) is 8.20. The Hall–Kier alpha value is -0.420. The zero-order valence-corrected chi connectivity index (χ0v) is 12.8. The van der Waals surface area contributed by atoms with Crippen molar-refractivity contribution in [1.29, 1.82) is 0 Å². The smallest absolute Gasteiger partial charge is 0.0791 e. The molecule has 0 saturated carbocycles. The van der Waals surface area contributed by atoms with Crippen molar-refractivity contribution in [2.75, 3.05) is 26.2 Å². The van der Waals surface area contributed by atoms with E-state index in [1.54, 1.807) is 0 Å². The second kappa shape index (κ2) is 8.64. The van der Waals surface area contributed by atoms with Gasteiger partial charge in [0.2, 0.25) is 0 Å². The van der Waals surface area contributed by atoms with E-state index in [0.717, 1.165) is 30.7 Å². The van der Waals surface area contributed by atoms with E-state index >= 15 is 0 Å². The van der Waals surface area contributed by atoms with Crippen LogP contribution < -0.4 is 5.32 Å². The van der Waals surface area contributed by atoms with E-state index < -0.39 is 0 Å². The SMILES string of the molecule is CCN(CC)CC(O)CNCc1cccc(Br)c1. The van der Waals surface area contributed by atoms with Gasteiger partial charge in [0.15, 0.2) is 0 Å². The van der Waals surface area contributed by atoms with Crippen LogP contribution in [0.25, 0.3) is 0 Å². The van der Waals surface area contributed by atoms with Crippen LogP contribution in [-0.2, 0) is 6.54 Å². The Morgan fingerprint density at radius 1 is 1.33 bits per heavy atom. The van der Waals surface area contributed by atoms with E-state index in [2.05, 4.69) is 52.1 Å². The molecule has 0 fully saturated rings. The molecule has 1 atom stereocenters. The average molecular weight is 315 g/mol. The molecule has 3 nitrogen and oxygen atoms in total. The highest BCUT2D eigenvalue weighted by Crippen LogP contribution is 2.11. The maximum Gasteiger partial charge on any atom is 0.0791 e. The molecule has 0 aliphatic heterocycles. The van der Waals surface area contributed by atoms with E-state index in [9.17, 15) is 5.11 Å². The third kappa shape index (κ3) is 5.96. The van der Waals surface area contributed by atoms with Crippen LogP contribution in [-0.4, -0.2) is 42.3 Å². The van der Waals surface area contributed by atoms with Gasteiger partial charge in [-0.2, -0.15) is 0 Å². The molecule has 0 radical (unpaired) electrons. The van der Waals surface area contributed by atoms with Gasteiger partial charge in [0.05, 0.1) is 6.10 Å². The fourth-order valence-corrected chi connectivity index (χ4v) is 2.32. The van der Waals surface area contributed by atoms with Crippen molar-refractivity contribution in [2.24, 2.45) is 0 Å². The maximum atomic E-state index is 9.90. The summed E-state index contributed by atoms with van der Waals surface area (Å²) in [6.07, 6.45) is -0.308. The van der Waals surface area contributed by atoms with Gasteiger partial charge in [-0.3, -0.25) is 0 Å². The van der Waals surface area contributed by atoms with Crippen LogP contribution in [0.2, 0.25) is 0 Å². The predicted molar refractivity (Wildman–Crippen MR) is 79.6 cm³/mol. The molecular weight excluding hydrogens is 292 g/mol. The van der Waals surface area contributed by atoms with Crippen LogP contribution in [0, 0.1) is 0 Å². The molecule has 0 saturated heterocycles. The van der Waals surface area contributed by atoms with Crippen LogP contribution >= 0.6 is 15.9 Å². The first-order valence-corrected chi connectivity index (χ1v) is 7.30. The Kier molecular flexibility index (Phi) is 7.51. The summed E-state index contributed by atoms with van der Waals surface area (Å²) < 4.78 is 1.09. The first kappa shape index (κ1) is 15.6. The Balaban J connectivity index is 2.25. The van der Waals surface area contributed by atoms with E-state index in [1.807, 2.05) is 12.1 Å². The van der Waals surface area contributed by atoms with E-state index in [0.29, 0.717) is 6.54 Å². The van der Waals surface area contributed by atoms with Crippen molar-refractivity contribution in [2.45, 2.75) is 26.5 Å². The van der Waals surface area contributed by atoms with Crippen LogP contribution in [0.15, 0.2) is 28.7 Å². The summed E-state index contributed by atoms with van der Waals surface area (Å²) in [4.78, 5) is 2.23. The molecule has 2 N–H and O–H groups in total. The van der Waals surface area contributed by atoms with Crippen LogP contribution in [0.3, 0.4) is 0 Å². The minimum Gasteiger partial charge on any atom is -0.390 e. The van der Waals surface area contributed by atoms with Gasteiger partial charge in [0, 0.05) is 24.1 Å². The van der Waals surface area contributed by atoms with Crippen molar-refractivity contribution >= 4 is 15.9 Å². The molecule has 1 aromatic carbocycles. The summed E-state index contributed by atoms with van der Waals surface area (Å²) in [5.41, 5.74) is 1.22. The van der Waals surface area contributed by atoms with E-state index in [1.165, 1.54) is 5.56 Å². The van der Waals surface area contributed by atoms with Gasteiger partial charge < -0.3 is 15.3 Å². The number of benzene rings is 1. The molecule has 1 aromatic rings. The molecule has 0 heterocycles. The summed E-state index contributed by atoms with van der Waals surface area (Å²) in [5.74, 6) is 0. The first-order valence-electron chi connectivity index (χ1n) is 6.51. The molecule has 0 bridgehead atoms. The fourth-order valence-electron chi connectivity index (χ4n) is 1.87. The molecule has 0 aliphatic rings. The summed E-state index contributed by atoms with van der Waals surface area (Å²) >= 11 is 3.45. The predicted octanol–water partition coefficient (Wildman–Crippen LogP) is 2.24. The number of rotatable bonds is 8. The third-order valence-corrected chi connectivity index (χ3v) is 3.45. The highest BCUT2D eigenvalue weighted by atomic mass is 79.9. The Labute approximate surface area is 118 Å². The number of halogens is 1. The van der Waals surface area contributed by atoms with Gasteiger partial charge in [0.25, 0.3) is 0 Å². The number of aliphatic hydroxyl groups excluding tert-OH is 1. The summed E-state index contributed by atoms with van der Waals surface area (Å²) in [5, 5.41) is 13.2. The second-order valence-corrected chi connectivity index (χ2v) is 5.32. The van der Waals surface area contributed by atoms with Crippen LogP contribution in [0.1, 0.15) is 19.4 Å². The molecule has 1 unspecified atom stereocenters. The molecule has 18 heavy (non-hydrogen) atoms. The fraction of sp³-hybridized carbons (Fsp3) is 0.571. The van der Waals surface area contributed by atoms with Crippen LogP contribution in [0.5, 0.6) is 0 Å². The first-order chi connectivity index (χ1) is 8.65. The summed E-state index contributed by atoms with van der Waals surface area (Å²) in [6.45, 7) is 8.35. The number of nitrogens with one attached hydrogen (secondary N) is 1. The second-order valence-electron chi connectivity index (χ2n) is 4.40. The van der Waals surface area contributed by atoms with Crippen molar-refractivity contribution < 1.29 is 5.11 Å². The number of hydrogen-bond donors (Lipinski definition) is 2. The van der Waals surface area contributed by atoms with Crippen molar-refractivity contribution in [1.82, 2.24) is 10.2 Å². The molecule has 0 aromatic heterocycles.